The average Bonchev–Trinajstić information content (AvgIpc) is 3.19. The van der Waals surface area contributed by atoms with Crippen LogP contribution in [-0.4, -0.2) is 50.4 Å². The van der Waals surface area contributed by atoms with Gasteiger partial charge in [0.25, 0.3) is 11.5 Å². The van der Waals surface area contributed by atoms with Crippen LogP contribution in [0.15, 0.2) is 9.70 Å². The van der Waals surface area contributed by atoms with Gasteiger partial charge in [0.15, 0.2) is 0 Å². The van der Waals surface area contributed by atoms with Gasteiger partial charge in [0.1, 0.15) is 21.8 Å². The first kappa shape index (κ1) is 32.9. The molecule has 3 rings (SSSR count). The molecule has 0 aliphatic carbocycles. The summed E-state index contributed by atoms with van der Waals surface area (Å²) in [4.78, 5) is 41.9. The third-order valence-corrected chi connectivity index (χ3v) is 9.30. The molecular weight excluding hydrogens is 556 g/mol. The first-order chi connectivity index (χ1) is 19.7. The van der Waals surface area contributed by atoms with Crippen molar-refractivity contribution < 1.29 is 14.7 Å². The predicted octanol–water partition coefficient (Wildman–Crippen LogP) is 6.47. The first-order valence-corrected chi connectivity index (χ1v) is 16.3. The third kappa shape index (κ3) is 8.68. The van der Waals surface area contributed by atoms with Gasteiger partial charge in [-0.25, -0.2) is 0 Å². The van der Waals surface area contributed by atoms with Crippen molar-refractivity contribution in [3.8, 4) is 6.07 Å². The fraction of sp³-hybridized carbons (Fsp3) is 0.645. The highest BCUT2D eigenvalue weighted by molar-refractivity contribution is 8.26. The molecule has 2 aliphatic heterocycles. The minimum Gasteiger partial charge on any atom is -0.481 e. The van der Waals surface area contributed by atoms with Crippen LogP contribution in [0, 0.1) is 24.2 Å². The number of piperidine rings is 1. The number of nitriles is 1. The van der Waals surface area contributed by atoms with Gasteiger partial charge in [-0.05, 0) is 56.6 Å². The molecule has 0 aromatic carbocycles. The molecule has 1 N–H and O–H groups in total. The fourth-order valence-electron chi connectivity index (χ4n) is 5.73. The van der Waals surface area contributed by atoms with Gasteiger partial charge in [-0.1, -0.05) is 76.4 Å². The van der Waals surface area contributed by atoms with Crippen LogP contribution >= 0.6 is 24.0 Å². The molecular formula is C31H44N4O4S2. The number of hydrogen-bond acceptors (Lipinski definition) is 7. The molecule has 0 radical (unpaired) electrons. The molecule has 1 aromatic heterocycles. The van der Waals surface area contributed by atoms with E-state index >= 15 is 0 Å². The maximum absolute atomic E-state index is 13.5. The lowest BCUT2D eigenvalue weighted by atomic mass is 9.98. The van der Waals surface area contributed by atoms with E-state index in [-0.39, 0.29) is 23.5 Å². The highest BCUT2D eigenvalue weighted by Crippen LogP contribution is 2.37. The van der Waals surface area contributed by atoms with Gasteiger partial charge in [0.05, 0.1) is 4.91 Å². The Bertz CT molecular complexity index is 1250. The summed E-state index contributed by atoms with van der Waals surface area (Å²) in [6.07, 6.45) is 13.0. The molecule has 224 valence electrons. The van der Waals surface area contributed by atoms with E-state index in [2.05, 4.69) is 17.9 Å². The lowest BCUT2D eigenvalue weighted by Gasteiger charge is -2.36. The zero-order valence-corrected chi connectivity index (χ0v) is 26.4. The Morgan fingerprint density at radius 3 is 2.39 bits per heavy atom. The van der Waals surface area contributed by atoms with Crippen molar-refractivity contribution in [3.05, 3.63) is 31.9 Å². The number of thiocarbonyl (C=S) groups is 1. The molecule has 2 saturated heterocycles. The summed E-state index contributed by atoms with van der Waals surface area (Å²) in [5, 5.41) is 18.6. The topological polar surface area (TPSA) is 107 Å². The second-order valence-electron chi connectivity index (χ2n) is 11.3. The summed E-state index contributed by atoms with van der Waals surface area (Å²) in [6, 6.07) is 2.13. The van der Waals surface area contributed by atoms with E-state index in [1.54, 1.807) is 9.47 Å². The Kier molecular flexibility index (Phi) is 12.9. The Hall–Kier alpha value is -2.64. The molecule has 3 heterocycles. The summed E-state index contributed by atoms with van der Waals surface area (Å²) in [7, 11) is 0. The zero-order chi connectivity index (χ0) is 29.9. The maximum atomic E-state index is 13.5. The van der Waals surface area contributed by atoms with E-state index in [0.717, 1.165) is 95.1 Å². The molecule has 41 heavy (non-hydrogen) atoms. The van der Waals surface area contributed by atoms with Crippen LogP contribution in [0.3, 0.4) is 0 Å². The number of nitrogens with zero attached hydrogens (tertiary/aromatic N) is 4. The van der Waals surface area contributed by atoms with Gasteiger partial charge in [-0.15, -0.1) is 0 Å². The van der Waals surface area contributed by atoms with Crippen LogP contribution in [0.1, 0.15) is 108 Å². The van der Waals surface area contributed by atoms with E-state index in [9.17, 15) is 19.6 Å². The number of aromatic nitrogens is 1. The molecule has 8 nitrogen and oxygen atoms in total. The molecule has 1 atom stereocenters. The van der Waals surface area contributed by atoms with Gasteiger partial charge in [0.2, 0.25) is 0 Å². The highest BCUT2D eigenvalue weighted by atomic mass is 32.2. The number of unbranched alkanes of at least 4 members (excludes halogenated alkanes) is 7. The standard InChI is InChI=1S/C31H44N4O4S2/c1-4-16-34-28(33-17-13-14-22(2)21-33)24(23(3)25(20-32)29(34)38)19-26-30(39)35(31(40)41-26)18-12-10-8-6-5-7-9-11-15-27(36)37/h19,22H,4-18,21H2,1-3H3,(H,36,37). The van der Waals surface area contributed by atoms with Crippen LogP contribution < -0.4 is 10.5 Å². The number of hydrogen-bond donors (Lipinski definition) is 1. The summed E-state index contributed by atoms with van der Waals surface area (Å²) in [5.74, 6) is 0.471. The molecule has 1 amide bonds. The SMILES string of the molecule is CCCn1c(N2CCCC(C)C2)c(C=C2SC(=S)N(CCCCCCCCCCC(=O)O)C2=O)c(C)c(C#N)c1=O. The van der Waals surface area contributed by atoms with Crippen molar-refractivity contribution >= 4 is 52.1 Å². The van der Waals surface area contributed by atoms with E-state index in [4.69, 9.17) is 17.3 Å². The van der Waals surface area contributed by atoms with Crippen molar-refractivity contribution in [1.29, 1.82) is 5.26 Å². The molecule has 10 heteroatoms. The average molecular weight is 601 g/mol. The molecule has 2 fully saturated rings. The molecule has 0 saturated carbocycles. The smallest absolute Gasteiger partial charge is 0.303 e. The number of carboxylic acid groups (broad SMARTS) is 1. The van der Waals surface area contributed by atoms with Crippen molar-refractivity contribution in [2.75, 3.05) is 24.5 Å². The van der Waals surface area contributed by atoms with Gasteiger partial charge in [-0.2, -0.15) is 5.26 Å². The maximum Gasteiger partial charge on any atom is 0.303 e. The Morgan fingerprint density at radius 2 is 1.78 bits per heavy atom. The molecule has 0 bridgehead atoms. The van der Waals surface area contributed by atoms with Gasteiger partial charge >= 0.3 is 5.97 Å². The lowest BCUT2D eigenvalue weighted by Crippen LogP contribution is -2.40. The minimum atomic E-state index is -0.727. The number of carboxylic acids is 1. The quantitative estimate of drug-likeness (QED) is 0.139. The van der Waals surface area contributed by atoms with Gasteiger partial charge < -0.3 is 10.0 Å². The molecule has 0 spiro atoms. The second kappa shape index (κ2) is 16.1. The summed E-state index contributed by atoms with van der Waals surface area (Å²) < 4.78 is 2.29. The third-order valence-electron chi connectivity index (χ3n) is 7.92. The van der Waals surface area contributed by atoms with E-state index in [1.165, 1.54) is 11.8 Å². The largest absolute Gasteiger partial charge is 0.481 e. The summed E-state index contributed by atoms with van der Waals surface area (Å²) in [5.41, 5.74) is 1.26. The number of amides is 1. The normalized spacial score (nSPS) is 18.4. The number of anilines is 1. The Labute approximate surface area is 253 Å². The van der Waals surface area contributed by atoms with Gasteiger partial charge in [-0.3, -0.25) is 23.9 Å². The monoisotopic (exact) mass is 600 g/mol. The first-order valence-electron chi connectivity index (χ1n) is 15.1. The van der Waals surface area contributed by atoms with E-state index in [1.807, 2.05) is 19.9 Å². The number of aliphatic carboxylic acids is 1. The lowest BCUT2D eigenvalue weighted by molar-refractivity contribution is -0.137. The predicted molar refractivity (Wildman–Crippen MR) is 170 cm³/mol. The number of carbonyl (C=O) groups excluding carboxylic acids is 1. The van der Waals surface area contributed by atoms with Crippen molar-refractivity contribution in [3.63, 3.8) is 0 Å². The van der Waals surface area contributed by atoms with Crippen LogP contribution in [0.25, 0.3) is 6.08 Å². The summed E-state index contributed by atoms with van der Waals surface area (Å²) >= 11 is 6.90. The number of thioether (sulfide) groups is 1. The number of rotatable bonds is 15. The van der Waals surface area contributed by atoms with Crippen molar-refractivity contribution in [2.24, 2.45) is 5.92 Å². The molecule has 1 unspecified atom stereocenters. The van der Waals surface area contributed by atoms with Gasteiger partial charge in [0, 0.05) is 38.2 Å². The Morgan fingerprint density at radius 1 is 1.12 bits per heavy atom. The van der Waals surface area contributed by atoms with Crippen LogP contribution in [0.2, 0.25) is 0 Å². The number of carbonyl (C=O) groups is 2. The van der Waals surface area contributed by atoms with Crippen LogP contribution in [0.4, 0.5) is 5.82 Å². The summed E-state index contributed by atoms with van der Waals surface area (Å²) in [6.45, 7) is 8.81. The van der Waals surface area contributed by atoms with Crippen molar-refractivity contribution in [2.45, 2.75) is 104 Å². The molecule has 1 aromatic rings. The van der Waals surface area contributed by atoms with E-state index in [0.29, 0.717) is 33.8 Å². The van der Waals surface area contributed by atoms with Crippen molar-refractivity contribution in [1.82, 2.24) is 9.47 Å². The second-order valence-corrected chi connectivity index (χ2v) is 13.0. The Balaban J connectivity index is 1.73. The highest BCUT2D eigenvalue weighted by Gasteiger charge is 2.33. The van der Waals surface area contributed by atoms with E-state index < -0.39 is 5.97 Å². The minimum absolute atomic E-state index is 0.109. The molecule has 2 aliphatic rings. The zero-order valence-electron chi connectivity index (χ0n) is 24.7. The number of pyridine rings is 1. The van der Waals surface area contributed by atoms with Crippen LogP contribution in [-0.2, 0) is 16.1 Å². The fourth-order valence-corrected chi connectivity index (χ4v) is 7.02. The van der Waals surface area contributed by atoms with Crippen LogP contribution in [0.5, 0.6) is 0 Å².